The Morgan fingerprint density at radius 3 is 2.05 bits per heavy atom. The van der Waals surface area contributed by atoms with Crippen LogP contribution in [0.4, 0.5) is 0 Å². The molecule has 2 aromatic rings. The Kier molecular flexibility index (Phi) is 21.3. The second kappa shape index (κ2) is 23.3. The molecule has 0 bridgehead atoms. The summed E-state index contributed by atoms with van der Waals surface area (Å²) in [5, 5.41) is 0. The van der Waals surface area contributed by atoms with Gasteiger partial charge in [-0.1, -0.05) is 107 Å². The van der Waals surface area contributed by atoms with Crippen LogP contribution in [0.1, 0.15) is 64.5 Å². The predicted octanol–water partition coefficient (Wildman–Crippen LogP) is 6.27. The van der Waals surface area contributed by atoms with Crippen molar-refractivity contribution in [2.45, 2.75) is 59.9 Å². The first-order valence-electron chi connectivity index (χ1n) is 13.6. The zero-order valence-corrected chi connectivity index (χ0v) is 23.5. The summed E-state index contributed by atoms with van der Waals surface area (Å²) in [7, 11) is 0. The van der Waals surface area contributed by atoms with Crippen LogP contribution >= 0.6 is 0 Å². The summed E-state index contributed by atoms with van der Waals surface area (Å²) in [4.78, 5) is 12.5. The molecule has 0 saturated heterocycles. The third-order valence-corrected chi connectivity index (χ3v) is 5.28. The van der Waals surface area contributed by atoms with Crippen molar-refractivity contribution in [3.05, 3.63) is 102 Å². The molecule has 1 unspecified atom stereocenters. The average molecular weight is 507 g/mol. The number of hydrogen-bond donors (Lipinski definition) is 3. The minimum atomic E-state index is 0.537. The second-order valence-electron chi connectivity index (χ2n) is 8.59. The molecular weight excluding hydrogens is 456 g/mol. The fourth-order valence-electron chi connectivity index (χ4n) is 3.32. The second-order valence-corrected chi connectivity index (χ2v) is 8.59. The van der Waals surface area contributed by atoms with Gasteiger partial charge in [-0.25, -0.2) is 0 Å². The molecule has 0 aromatic heterocycles. The molecule has 3 rings (SSSR count). The van der Waals surface area contributed by atoms with Crippen LogP contribution in [0, 0.1) is 5.92 Å². The SMILES string of the molecule is CC.CC1C=C(C=O)C=CC1.CCCN.NCCCCN(/C=C(\N)c1ccccc1)Cc1ccccc1. The molecular formula is C32H50N4O. The van der Waals surface area contributed by atoms with Gasteiger partial charge in [0.1, 0.15) is 6.29 Å². The van der Waals surface area contributed by atoms with E-state index in [9.17, 15) is 4.79 Å². The Labute approximate surface area is 226 Å². The van der Waals surface area contributed by atoms with Crippen LogP contribution in [0.5, 0.6) is 0 Å². The Morgan fingerprint density at radius 1 is 0.973 bits per heavy atom. The quantitative estimate of drug-likeness (QED) is 0.260. The molecule has 0 amide bonds. The largest absolute Gasteiger partial charge is 0.397 e. The van der Waals surface area contributed by atoms with E-state index in [-0.39, 0.29) is 0 Å². The van der Waals surface area contributed by atoms with Gasteiger partial charge in [-0.2, -0.15) is 0 Å². The highest BCUT2D eigenvalue weighted by atomic mass is 16.1. The Morgan fingerprint density at radius 2 is 1.57 bits per heavy atom. The number of hydrogen-bond acceptors (Lipinski definition) is 5. The van der Waals surface area contributed by atoms with Gasteiger partial charge in [-0.05, 0) is 55.8 Å². The topological polar surface area (TPSA) is 98.4 Å². The number of carbonyl (C=O) groups excluding carboxylic acids is 1. The minimum Gasteiger partial charge on any atom is -0.397 e. The van der Waals surface area contributed by atoms with Crippen LogP contribution < -0.4 is 17.2 Å². The highest BCUT2D eigenvalue weighted by Crippen LogP contribution is 2.14. The van der Waals surface area contributed by atoms with Crippen molar-refractivity contribution in [1.82, 2.24) is 4.90 Å². The Hall–Kier alpha value is -3.15. The molecule has 5 heteroatoms. The number of nitrogens with zero attached hydrogens (tertiary/aromatic N) is 1. The highest BCUT2D eigenvalue weighted by Gasteiger charge is 2.04. The van der Waals surface area contributed by atoms with Gasteiger partial charge in [0, 0.05) is 24.9 Å². The first kappa shape index (κ1) is 33.8. The predicted molar refractivity (Wildman–Crippen MR) is 162 cm³/mol. The van der Waals surface area contributed by atoms with E-state index in [4.69, 9.17) is 17.2 Å². The van der Waals surface area contributed by atoms with E-state index in [0.717, 1.165) is 75.0 Å². The molecule has 0 radical (unpaired) electrons. The summed E-state index contributed by atoms with van der Waals surface area (Å²) in [5.74, 6) is 0.537. The van der Waals surface area contributed by atoms with Gasteiger partial charge in [0.25, 0.3) is 0 Å². The maximum absolute atomic E-state index is 10.2. The van der Waals surface area contributed by atoms with E-state index in [1.54, 1.807) is 0 Å². The summed E-state index contributed by atoms with van der Waals surface area (Å²) in [6.07, 6.45) is 13.1. The van der Waals surface area contributed by atoms with Gasteiger partial charge in [0.15, 0.2) is 0 Å². The molecule has 0 saturated carbocycles. The average Bonchev–Trinajstić information content (AvgIpc) is 2.95. The maximum atomic E-state index is 10.2. The van der Waals surface area contributed by atoms with E-state index < -0.39 is 0 Å². The van der Waals surface area contributed by atoms with Crippen molar-refractivity contribution in [1.29, 1.82) is 0 Å². The third kappa shape index (κ3) is 17.0. The minimum absolute atomic E-state index is 0.537. The van der Waals surface area contributed by atoms with E-state index in [1.165, 1.54) is 5.56 Å². The molecule has 2 aromatic carbocycles. The lowest BCUT2D eigenvalue weighted by Gasteiger charge is -2.21. The molecule has 5 nitrogen and oxygen atoms in total. The normalized spacial score (nSPS) is 13.9. The van der Waals surface area contributed by atoms with Crippen LogP contribution in [0.2, 0.25) is 0 Å². The lowest BCUT2D eigenvalue weighted by atomic mass is 9.99. The smallest absolute Gasteiger partial charge is 0.149 e. The Balaban J connectivity index is 0.000000711. The van der Waals surface area contributed by atoms with Gasteiger partial charge in [0.05, 0.1) is 5.70 Å². The summed E-state index contributed by atoms with van der Waals surface area (Å²) in [5.41, 5.74) is 20.8. The standard InChI is InChI=1S/C19H25N3.C8H10O.C3H9N.C2H6/c20-13-7-8-14-22(15-17-9-3-1-4-10-17)16-19(21)18-11-5-2-6-12-18;1-7-3-2-4-8(5-7)6-9;1-2-3-4;1-2/h1-6,9-12,16H,7-8,13-15,20-21H2;2,4-7H,3H2,1H3;2-4H2,1H3;1-2H3/b19-16-;;;. The number of allylic oxidation sites excluding steroid dienone is 4. The molecule has 0 heterocycles. The van der Waals surface area contributed by atoms with Crippen LogP contribution in [-0.4, -0.2) is 30.8 Å². The Bertz CT molecular complexity index is 890. The zero-order valence-electron chi connectivity index (χ0n) is 23.5. The summed E-state index contributed by atoms with van der Waals surface area (Å²) in [6.45, 7) is 11.5. The molecule has 204 valence electrons. The molecule has 0 aliphatic heterocycles. The van der Waals surface area contributed by atoms with E-state index in [0.29, 0.717) is 5.92 Å². The van der Waals surface area contributed by atoms with Crippen molar-refractivity contribution in [3.63, 3.8) is 0 Å². The van der Waals surface area contributed by atoms with Crippen LogP contribution in [-0.2, 0) is 11.3 Å². The molecule has 0 spiro atoms. The highest BCUT2D eigenvalue weighted by molar-refractivity contribution is 5.77. The maximum Gasteiger partial charge on any atom is 0.149 e. The number of benzene rings is 2. The fourth-order valence-corrected chi connectivity index (χ4v) is 3.32. The summed E-state index contributed by atoms with van der Waals surface area (Å²) >= 11 is 0. The number of aldehydes is 1. The first-order chi connectivity index (χ1) is 18.0. The van der Waals surface area contributed by atoms with Crippen LogP contribution in [0.25, 0.3) is 5.70 Å². The van der Waals surface area contributed by atoms with Gasteiger partial charge >= 0.3 is 0 Å². The van der Waals surface area contributed by atoms with Crippen LogP contribution in [0.15, 0.2) is 90.7 Å². The fraction of sp³-hybridized carbons (Fsp3) is 0.406. The lowest BCUT2D eigenvalue weighted by molar-refractivity contribution is -0.104. The van der Waals surface area contributed by atoms with E-state index in [2.05, 4.69) is 49.2 Å². The van der Waals surface area contributed by atoms with Crippen LogP contribution in [0.3, 0.4) is 0 Å². The van der Waals surface area contributed by atoms with Crippen molar-refractivity contribution in [2.24, 2.45) is 23.1 Å². The summed E-state index contributed by atoms with van der Waals surface area (Å²) in [6, 6.07) is 20.5. The zero-order chi connectivity index (χ0) is 27.7. The number of carbonyl (C=O) groups is 1. The van der Waals surface area contributed by atoms with Crippen molar-refractivity contribution < 1.29 is 4.79 Å². The van der Waals surface area contributed by atoms with Gasteiger partial charge in [-0.3, -0.25) is 4.79 Å². The number of nitrogens with two attached hydrogens (primary N) is 3. The van der Waals surface area contributed by atoms with Crippen molar-refractivity contribution in [3.8, 4) is 0 Å². The first-order valence-corrected chi connectivity index (χ1v) is 13.6. The van der Waals surface area contributed by atoms with E-state index in [1.807, 2.05) is 68.5 Å². The molecule has 0 fully saturated rings. The lowest BCUT2D eigenvalue weighted by Crippen LogP contribution is -2.20. The van der Waals surface area contributed by atoms with Gasteiger partial charge in [-0.15, -0.1) is 0 Å². The van der Waals surface area contributed by atoms with Gasteiger partial charge < -0.3 is 22.1 Å². The monoisotopic (exact) mass is 506 g/mol. The molecule has 37 heavy (non-hydrogen) atoms. The molecule has 1 aliphatic carbocycles. The molecule has 1 atom stereocenters. The molecule has 6 N–H and O–H groups in total. The molecule has 1 aliphatic rings. The van der Waals surface area contributed by atoms with Gasteiger partial charge in [0.2, 0.25) is 0 Å². The number of rotatable bonds is 10. The van der Waals surface area contributed by atoms with E-state index >= 15 is 0 Å². The summed E-state index contributed by atoms with van der Waals surface area (Å²) < 4.78 is 0. The third-order valence-electron chi connectivity index (χ3n) is 5.28. The van der Waals surface area contributed by atoms with Crippen molar-refractivity contribution >= 4 is 12.0 Å². The van der Waals surface area contributed by atoms with Crippen molar-refractivity contribution in [2.75, 3.05) is 19.6 Å². The number of unbranched alkanes of at least 4 members (excludes halogenated alkanes) is 1.